The number of amides is 2. The SMILES string of the molecule is CC(C)Oc1ccc(C=C(NC(=O)c2ccccc2)C(=O)NCCO)cc1. The summed E-state index contributed by atoms with van der Waals surface area (Å²) in [5.74, 6) is -0.140. The van der Waals surface area contributed by atoms with Gasteiger partial charge in [-0.05, 0) is 49.8 Å². The monoisotopic (exact) mass is 368 g/mol. The quantitative estimate of drug-likeness (QED) is 0.624. The van der Waals surface area contributed by atoms with Crippen molar-refractivity contribution in [2.75, 3.05) is 13.2 Å². The number of hydrogen-bond donors (Lipinski definition) is 3. The topological polar surface area (TPSA) is 87.7 Å². The molecule has 142 valence electrons. The highest BCUT2D eigenvalue weighted by Gasteiger charge is 2.14. The average molecular weight is 368 g/mol. The van der Waals surface area contributed by atoms with E-state index in [-0.39, 0.29) is 30.9 Å². The zero-order valence-electron chi connectivity index (χ0n) is 15.4. The maximum absolute atomic E-state index is 12.4. The second-order valence-electron chi connectivity index (χ2n) is 6.09. The lowest BCUT2D eigenvalue weighted by atomic mass is 10.1. The van der Waals surface area contributed by atoms with Gasteiger partial charge < -0.3 is 20.5 Å². The van der Waals surface area contributed by atoms with Crippen LogP contribution in [0.1, 0.15) is 29.8 Å². The van der Waals surface area contributed by atoms with Crippen molar-refractivity contribution in [2.45, 2.75) is 20.0 Å². The Morgan fingerprint density at radius 2 is 1.74 bits per heavy atom. The molecule has 0 bridgehead atoms. The summed E-state index contributed by atoms with van der Waals surface area (Å²) in [6, 6.07) is 15.8. The van der Waals surface area contributed by atoms with E-state index in [1.54, 1.807) is 54.6 Å². The van der Waals surface area contributed by atoms with Gasteiger partial charge in [-0.3, -0.25) is 9.59 Å². The number of nitrogens with one attached hydrogen (secondary N) is 2. The van der Waals surface area contributed by atoms with Crippen LogP contribution in [0.5, 0.6) is 5.75 Å². The minimum Gasteiger partial charge on any atom is -0.491 e. The van der Waals surface area contributed by atoms with E-state index in [0.29, 0.717) is 5.56 Å². The van der Waals surface area contributed by atoms with Gasteiger partial charge in [0.25, 0.3) is 11.8 Å². The maximum Gasteiger partial charge on any atom is 0.267 e. The van der Waals surface area contributed by atoms with E-state index in [1.807, 2.05) is 19.9 Å². The fourth-order valence-corrected chi connectivity index (χ4v) is 2.29. The molecule has 2 rings (SSSR count). The number of carbonyl (C=O) groups is 2. The Morgan fingerprint density at radius 1 is 1.07 bits per heavy atom. The molecule has 0 saturated carbocycles. The lowest BCUT2D eigenvalue weighted by Crippen LogP contribution is -2.36. The van der Waals surface area contributed by atoms with Crippen molar-refractivity contribution in [1.29, 1.82) is 0 Å². The van der Waals surface area contributed by atoms with Gasteiger partial charge in [0.05, 0.1) is 12.7 Å². The van der Waals surface area contributed by atoms with E-state index < -0.39 is 5.91 Å². The van der Waals surface area contributed by atoms with Crippen LogP contribution in [0, 0.1) is 0 Å². The Morgan fingerprint density at radius 3 is 2.33 bits per heavy atom. The molecule has 0 aliphatic carbocycles. The third kappa shape index (κ3) is 6.60. The molecule has 0 radical (unpaired) electrons. The van der Waals surface area contributed by atoms with Crippen molar-refractivity contribution < 1.29 is 19.4 Å². The minimum atomic E-state index is -0.476. The Kier molecular flexibility index (Phi) is 7.58. The molecular formula is C21H24N2O4. The van der Waals surface area contributed by atoms with Gasteiger partial charge in [0.1, 0.15) is 11.4 Å². The fraction of sp³-hybridized carbons (Fsp3) is 0.238. The van der Waals surface area contributed by atoms with E-state index in [1.165, 1.54) is 0 Å². The number of carbonyl (C=O) groups excluding carboxylic acids is 2. The first kappa shape index (κ1) is 20.2. The maximum atomic E-state index is 12.4. The van der Waals surface area contributed by atoms with Crippen LogP contribution in [-0.2, 0) is 4.79 Å². The standard InChI is InChI=1S/C21H24N2O4/c1-15(2)27-18-10-8-16(9-11-18)14-19(21(26)22-12-13-24)23-20(25)17-6-4-3-5-7-17/h3-11,14-15,24H,12-13H2,1-2H3,(H,22,26)(H,23,25). The molecule has 0 aliphatic rings. The highest BCUT2D eigenvalue weighted by atomic mass is 16.5. The molecule has 0 aliphatic heterocycles. The van der Waals surface area contributed by atoms with Gasteiger partial charge in [0.2, 0.25) is 0 Å². The van der Waals surface area contributed by atoms with Crippen LogP contribution in [0.3, 0.4) is 0 Å². The number of ether oxygens (including phenoxy) is 1. The van der Waals surface area contributed by atoms with Crippen LogP contribution in [-0.4, -0.2) is 36.2 Å². The van der Waals surface area contributed by atoms with Gasteiger partial charge in [0.15, 0.2) is 0 Å². The van der Waals surface area contributed by atoms with Crippen LogP contribution < -0.4 is 15.4 Å². The molecule has 0 saturated heterocycles. The average Bonchev–Trinajstić information content (AvgIpc) is 2.67. The molecule has 6 heteroatoms. The second-order valence-corrected chi connectivity index (χ2v) is 6.09. The predicted octanol–water partition coefficient (Wildman–Crippen LogP) is 2.35. The molecule has 0 fully saturated rings. The van der Waals surface area contributed by atoms with Crippen LogP contribution >= 0.6 is 0 Å². The summed E-state index contributed by atoms with van der Waals surface area (Å²) in [4.78, 5) is 24.8. The molecule has 0 aromatic heterocycles. The first-order valence-electron chi connectivity index (χ1n) is 8.73. The molecule has 0 atom stereocenters. The molecule has 3 N–H and O–H groups in total. The molecule has 2 amide bonds. The van der Waals surface area contributed by atoms with Gasteiger partial charge >= 0.3 is 0 Å². The molecule has 2 aromatic carbocycles. The molecule has 0 heterocycles. The van der Waals surface area contributed by atoms with Crippen molar-refractivity contribution in [3.05, 3.63) is 71.4 Å². The van der Waals surface area contributed by atoms with Crippen molar-refractivity contribution in [3.63, 3.8) is 0 Å². The molecule has 2 aromatic rings. The molecular weight excluding hydrogens is 344 g/mol. The number of hydrogen-bond acceptors (Lipinski definition) is 4. The van der Waals surface area contributed by atoms with Gasteiger partial charge in [0, 0.05) is 12.1 Å². The normalized spacial score (nSPS) is 11.2. The second kappa shape index (κ2) is 10.1. The van der Waals surface area contributed by atoms with Crippen LogP contribution in [0.4, 0.5) is 0 Å². The summed E-state index contributed by atoms with van der Waals surface area (Å²) < 4.78 is 5.60. The Bertz CT molecular complexity index is 784. The fourth-order valence-electron chi connectivity index (χ4n) is 2.29. The third-order valence-electron chi connectivity index (χ3n) is 3.49. The van der Waals surface area contributed by atoms with Crippen LogP contribution in [0.15, 0.2) is 60.3 Å². The Labute approximate surface area is 158 Å². The van der Waals surface area contributed by atoms with Crippen molar-refractivity contribution >= 4 is 17.9 Å². The molecule has 0 unspecified atom stereocenters. The summed E-state index contributed by atoms with van der Waals surface area (Å²) in [7, 11) is 0. The highest BCUT2D eigenvalue weighted by Crippen LogP contribution is 2.16. The summed E-state index contributed by atoms with van der Waals surface area (Å²) in [6.45, 7) is 3.79. The van der Waals surface area contributed by atoms with E-state index in [2.05, 4.69) is 10.6 Å². The van der Waals surface area contributed by atoms with E-state index in [4.69, 9.17) is 9.84 Å². The third-order valence-corrected chi connectivity index (χ3v) is 3.49. The number of benzene rings is 2. The van der Waals surface area contributed by atoms with Gasteiger partial charge in [-0.25, -0.2) is 0 Å². The first-order chi connectivity index (χ1) is 13.0. The summed E-state index contributed by atoms with van der Waals surface area (Å²) in [5, 5.41) is 14.1. The number of aliphatic hydroxyl groups is 1. The van der Waals surface area contributed by atoms with E-state index in [0.717, 1.165) is 11.3 Å². The van der Waals surface area contributed by atoms with Crippen LogP contribution in [0.2, 0.25) is 0 Å². The van der Waals surface area contributed by atoms with Crippen molar-refractivity contribution in [3.8, 4) is 5.75 Å². The highest BCUT2D eigenvalue weighted by molar-refractivity contribution is 6.05. The van der Waals surface area contributed by atoms with E-state index >= 15 is 0 Å². The largest absolute Gasteiger partial charge is 0.491 e. The number of aliphatic hydroxyl groups excluding tert-OH is 1. The minimum absolute atomic E-state index is 0.0661. The Hall–Kier alpha value is -3.12. The summed E-state index contributed by atoms with van der Waals surface area (Å²) in [5.41, 5.74) is 1.27. The Balaban J connectivity index is 2.21. The molecule has 0 spiro atoms. The zero-order valence-corrected chi connectivity index (χ0v) is 15.4. The zero-order chi connectivity index (χ0) is 19.6. The van der Waals surface area contributed by atoms with Crippen molar-refractivity contribution in [1.82, 2.24) is 10.6 Å². The first-order valence-corrected chi connectivity index (χ1v) is 8.73. The summed E-state index contributed by atoms with van der Waals surface area (Å²) in [6.07, 6.45) is 1.64. The van der Waals surface area contributed by atoms with Gasteiger partial charge in [-0.1, -0.05) is 30.3 Å². The predicted molar refractivity (Wildman–Crippen MR) is 104 cm³/mol. The molecule has 27 heavy (non-hydrogen) atoms. The number of rotatable bonds is 8. The van der Waals surface area contributed by atoms with Crippen molar-refractivity contribution in [2.24, 2.45) is 0 Å². The van der Waals surface area contributed by atoms with Crippen LogP contribution in [0.25, 0.3) is 6.08 Å². The van der Waals surface area contributed by atoms with E-state index in [9.17, 15) is 9.59 Å². The summed E-state index contributed by atoms with van der Waals surface area (Å²) >= 11 is 0. The lowest BCUT2D eigenvalue weighted by Gasteiger charge is -2.12. The lowest BCUT2D eigenvalue weighted by molar-refractivity contribution is -0.117. The smallest absolute Gasteiger partial charge is 0.267 e. The molecule has 6 nitrogen and oxygen atoms in total. The van der Waals surface area contributed by atoms with Gasteiger partial charge in [-0.15, -0.1) is 0 Å². The van der Waals surface area contributed by atoms with Gasteiger partial charge in [-0.2, -0.15) is 0 Å².